The first-order chi connectivity index (χ1) is 11.7. The monoisotopic (exact) mass is 356 g/mol. The van der Waals surface area contributed by atoms with Crippen molar-refractivity contribution in [3.8, 4) is 0 Å². The van der Waals surface area contributed by atoms with E-state index in [9.17, 15) is 13.2 Å². The Morgan fingerprint density at radius 2 is 1.52 bits per heavy atom. The molecular formula is C20H20O4S. The highest BCUT2D eigenvalue weighted by atomic mass is 32.2. The van der Waals surface area contributed by atoms with E-state index in [0.717, 1.165) is 16.7 Å². The highest BCUT2D eigenvalue weighted by Gasteiger charge is 2.40. The molecule has 1 heterocycles. The smallest absolute Gasteiger partial charge is 0.335 e. The van der Waals surface area contributed by atoms with Gasteiger partial charge in [-0.3, -0.25) is 0 Å². The summed E-state index contributed by atoms with van der Waals surface area (Å²) in [6.07, 6.45) is 1.18. The molecule has 4 nitrogen and oxygen atoms in total. The molecule has 1 aliphatic heterocycles. The van der Waals surface area contributed by atoms with Crippen molar-refractivity contribution < 1.29 is 17.9 Å². The van der Waals surface area contributed by atoms with Crippen LogP contribution < -0.4 is 0 Å². The molecular weight excluding hydrogens is 336 g/mol. The van der Waals surface area contributed by atoms with Crippen LogP contribution in [-0.2, 0) is 19.4 Å². The van der Waals surface area contributed by atoms with Gasteiger partial charge in [-0.25, -0.2) is 13.2 Å². The maximum Gasteiger partial charge on any atom is 0.335 e. The van der Waals surface area contributed by atoms with E-state index < -0.39 is 15.3 Å². The molecule has 0 bridgehead atoms. The molecule has 2 aromatic rings. The van der Waals surface area contributed by atoms with E-state index in [1.165, 1.54) is 6.26 Å². The minimum atomic E-state index is -3.27. The van der Waals surface area contributed by atoms with Crippen LogP contribution in [0.3, 0.4) is 0 Å². The van der Waals surface area contributed by atoms with E-state index >= 15 is 0 Å². The molecule has 1 saturated heterocycles. The van der Waals surface area contributed by atoms with Crippen molar-refractivity contribution in [3.05, 3.63) is 71.3 Å². The van der Waals surface area contributed by atoms with Gasteiger partial charge in [-0.1, -0.05) is 56.3 Å². The summed E-state index contributed by atoms with van der Waals surface area (Å²) in [5, 5.41) is 0. The van der Waals surface area contributed by atoms with E-state index in [4.69, 9.17) is 4.74 Å². The van der Waals surface area contributed by atoms with Crippen LogP contribution in [0.4, 0.5) is 0 Å². The van der Waals surface area contributed by atoms with Gasteiger partial charge in [0.2, 0.25) is 0 Å². The fourth-order valence-corrected chi connectivity index (χ4v) is 3.67. The van der Waals surface area contributed by atoms with Crippen LogP contribution in [0.5, 0.6) is 0 Å². The maximum absolute atomic E-state index is 12.4. The second kappa shape index (κ2) is 6.15. The van der Waals surface area contributed by atoms with Gasteiger partial charge in [-0.15, -0.1) is 0 Å². The van der Waals surface area contributed by atoms with E-state index in [1.54, 1.807) is 24.3 Å². The number of rotatable bonds is 3. The van der Waals surface area contributed by atoms with E-state index in [-0.39, 0.29) is 10.9 Å². The molecule has 130 valence electrons. The molecule has 5 heteroatoms. The van der Waals surface area contributed by atoms with Crippen LogP contribution in [0.1, 0.15) is 25.0 Å². The van der Waals surface area contributed by atoms with Gasteiger partial charge in [0, 0.05) is 11.7 Å². The minimum Gasteiger partial charge on any atom is -0.461 e. The SMILES string of the molecule is CC1(C)COC(=O)/C1=C(\c1ccccc1)c1ccc(S(C)(=O)=O)cc1. The highest BCUT2D eigenvalue weighted by molar-refractivity contribution is 7.90. The molecule has 2 aromatic carbocycles. The van der Waals surface area contributed by atoms with Crippen LogP contribution >= 0.6 is 0 Å². The average molecular weight is 356 g/mol. The molecule has 0 unspecified atom stereocenters. The van der Waals surface area contributed by atoms with Crippen LogP contribution in [0.25, 0.3) is 5.57 Å². The number of ether oxygens (including phenoxy) is 1. The maximum atomic E-state index is 12.4. The van der Waals surface area contributed by atoms with Gasteiger partial charge in [0.15, 0.2) is 9.84 Å². The second-order valence-electron chi connectivity index (χ2n) is 6.87. The van der Waals surface area contributed by atoms with Gasteiger partial charge in [0.25, 0.3) is 0 Å². The van der Waals surface area contributed by atoms with E-state index in [1.807, 2.05) is 44.2 Å². The summed E-state index contributed by atoms with van der Waals surface area (Å²) in [5.41, 5.74) is 2.67. The molecule has 0 amide bonds. The topological polar surface area (TPSA) is 60.4 Å². The number of cyclic esters (lactones) is 1. The first-order valence-corrected chi connectivity index (χ1v) is 9.87. The quantitative estimate of drug-likeness (QED) is 0.624. The third-order valence-corrected chi connectivity index (χ3v) is 5.46. The van der Waals surface area contributed by atoms with Crippen molar-refractivity contribution in [1.82, 2.24) is 0 Å². The van der Waals surface area contributed by atoms with Crippen molar-refractivity contribution in [2.75, 3.05) is 12.9 Å². The molecule has 0 spiro atoms. The molecule has 0 atom stereocenters. The molecule has 25 heavy (non-hydrogen) atoms. The number of carbonyl (C=O) groups excluding carboxylic acids is 1. The zero-order chi connectivity index (χ0) is 18.2. The van der Waals surface area contributed by atoms with Gasteiger partial charge in [0.05, 0.1) is 10.5 Å². The number of hydrogen-bond acceptors (Lipinski definition) is 4. The molecule has 1 aliphatic rings. The summed E-state index contributed by atoms with van der Waals surface area (Å²) in [6, 6.07) is 16.2. The Balaban J connectivity index is 2.25. The summed E-state index contributed by atoms with van der Waals surface area (Å²) < 4.78 is 28.7. The van der Waals surface area contributed by atoms with Crippen LogP contribution in [0, 0.1) is 5.41 Å². The largest absolute Gasteiger partial charge is 0.461 e. The Labute approximate surface area is 148 Å². The van der Waals surface area contributed by atoms with Crippen LogP contribution in [0.2, 0.25) is 0 Å². The number of sulfone groups is 1. The summed E-state index contributed by atoms with van der Waals surface area (Å²) in [5.74, 6) is -0.323. The Kier molecular flexibility index (Phi) is 4.29. The lowest BCUT2D eigenvalue weighted by atomic mass is 9.80. The molecule has 0 saturated carbocycles. The summed E-state index contributed by atoms with van der Waals surface area (Å²) >= 11 is 0. The highest BCUT2D eigenvalue weighted by Crippen LogP contribution is 2.41. The van der Waals surface area contributed by atoms with E-state index in [2.05, 4.69) is 0 Å². The molecule has 3 rings (SSSR count). The molecule has 1 fully saturated rings. The summed E-state index contributed by atoms with van der Waals surface area (Å²) in [6.45, 7) is 4.28. The predicted molar refractivity (Wildman–Crippen MR) is 96.8 cm³/mol. The Hall–Kier alpha value is -2.40. The van der Waals surface area contributed by atoms with Crippen LogP contribution in [0.15, 0.2) is 65.1 Å². The van der Waals surface area contributed by atoms with Gasteiger partial charge in [-0.2, -0.15) is 0 Å². The Bertz CT molecular complexity index is 937. The summed E-state index contributed by atoms with van der Waals surface area (Å²) in [4.78, 5) is 12.7. The zero-order valence-electron chi connectivity index (χ0n) is 14.4. The van der Waals surface area contributed by atoms with Gasteiger partial charge < -0.3 is 4.74 Å². The first kappa shape index (κ1) is 17.4. The Morgan fingerprint density at radius 1 is 0.960 bits per heavy atom. The van der Waals surface area contributed by atoms with Gasteiger partial charge in [-0.05, 0) is 28.8 Å². The third-order valence-electron chi connectivity index (χ3n) is 4.33. The van der Waals surface area contributed by atoms with Crippen molar-refractivity contribution >= 4 is 21.4 Å². The fraction of sp³-hybridized carbons (Fsp3) is 0.250. The lowest BCUT2D eigenvalue weighted by Crippen LogP contribution is -2.16. The van der Waals surface area contributed by atoms with Gasteiger partial charge in [0.1, 0.15) is 6.61 Å². The number of carbonyl (C=O) groups is 1. The van der Waals surface area contributed by atoms with Gasteiger partial charge >= 0.3 is 5.97 Å². The number of benzene rings is 2. The fourth-order valence-electron chi connectivity index (χ4n) is 3.04. The lowest BCUT2D eigenvalue weighted by Gasteiger charge is -2.20. The molecule has 0 aliphatic carbocycles. The first-order valence-electron chi connectivity index (χ1n) is 7.98. The average Bonchev–Trinajstić information content (AvgIpc) is 2.83. The number of esters is 1. The van der Waals surface area contributed by atoms with E-state index in [0.29, 0.717) is 12.2 Å². The third kappa shape index (κ3) is 3.37. The lowest BCUT2D eigenvalue weighted by molar-refractivity contribution is -0.135. The van der Waals surface area contributed by atoms with Crippen molar-refractivity contribution in [2.24, 2.45) is 5.41 Å². The Morgan fingerprint density at radius 3 is 2.00 bits per heavy atom. The second-order valence-corrected chi connectivity index (χ2v) is 8.89. The molecule has 0 radical (unpaired) electrons. The normalized spacial score (nSPS) is 18.8. The predicted octanol–water partition coefficient (Wildman–Crippen LogP) is 3.48. The molecule has 0 N–H and O–H groups in total. The van der Waals surface area contributed by atoms with Crippen molar-refractivity contribution in [1.29, 1.82) is 0 Å². The standard InChI is InChI=1S/C20H20O4S/c1-20(2)13-24-19(21)18(20)17(14-7-5-4-6-8-14)15-9-11-16(12-10-15)25(3,22)23/h4-12H,13H2,1-3H3/b18-17-. The van der Waals surface area contributed by atoms with Crippen LogP contribution in [-0.4, -0.2) is 27.2 Å². The zero-order valence-corrected chi connectivity index (χ0v) is 15.3. The van der Waals surface area contributed by atoms with Crippen molar-refractivity contribution in [3.63, 3.8) is 0 Å². The molecule has 0 aromatic heterocycles. The minimum absolute atomic E-state index is 0.252. The number of hydrogen-bond donors (Lipinski definition) is 0. The van der Waals surface area contributed by atoms with Crippen molar-refractivity contribution in [2.45, 2.75) is 18.7 Å². The summed E-state index contributed by atoms with van der Waals surface area (Å²) in [7, 11) is -3.27.